The first-order chi connectivity index (χ1) is 10.2. The maximum Gasteiger partial charge on any atom is 0.219 e. The van der Waals surface area contributed by atoms with E-state index in [-0.39, 0.29) is 5.91 Å². The van der Waals surface area contributed by atoms with Gasteiger partial charge in [0.05, 0.1) is 11.4 Å². The van der Waals surface area contributed by atoms with Crippen molar-refractivity contribution in [1.29, 1.82) is 0 Å². The molecule has 1 aliphatic heterocycles. The number of hydrogen-bond donors (Lipinski definition) is 1. The number of carbonyl (C=O) groups is 1. The number of aromatic nitrogens is 4. The lowest BCUT2D eigenvalue weighted by molar-refractivity contribution is -0.130. The first kappa shape index (κ1) is 13.7. The van der Waals surface area contributed by atoms with Crippen LogP contribution in [-0.2, 0) is 11.2 Å². The first-order valence-corrected chi connectivity index (χ1v) is 7.29. The van der Waals surface area contributed by atoms with Crippen molar-refractivity contribution in [2.24, 2.45) is 5.92 Å². The number of H-pyrrole nitrogens is 1. The summed E-state index contributed by atoms with van der Waals surface area (Å²) >= 11 is 0. The molecule has 1 saturated heterocycles. The number of rotatable bonds is 3. The number of aromatic amines is 1. The quantitative estimate of drug-likeness (QED) is 0.930. The highest BCUT2D eigenvalue weighted by Crippen LogP contribution is 2.24. The lowest BCUT2D eigenvalue weighted by Gasteiger charge is -2.32. The summed E-state index contributed by atoms with van der Waals surface area (Å²) in [5.41, 5.74) is 2.71. The number of nitrogens with zero attached hydrogens (tertiary/aromatic N) is 4. The molecule has 0 saturated carbocycles. The van der Waals surface area contributed by atoms with Gasteiger partial charge in [-0.15, -0.1) is 0 Å². The van der Waals surface area contributed by atoms with Crippen LogP contribution in [0.2, 0.25) is 0 Å². The molecule has 0 bridgehead atoms. The minimum atomic E-state index is 0.160. The molecule has 0 spiro atoms. The largest absolute Gasteiger partial charge is 0.343 e. The molecule has 0 radical (unpaired) electrons. The number of piperidine rings is 1. The third-order valence-electron chi connectivity index (χ3n) is 3.98. The van der Waals surface area contributed by atoms with Gasteiger partial charge in [0.25, 0.3) is 0 Å². The van der Waals surface area contributed by atoms with Gasteiger partial charge in [-0.25, -0.2) is 0 Å². The number of likely N-dealkylation sites (tertiary alicyclic amines) is 1. The van der Waals surface area contributed by atoms with E-state index in [2.05, 4.69) is 20.2 Å². The highest BCUT2D eigenvalue weighted by Gasteiger charge is 2.23. The molecule has 21 heavy (non-hydrogen) atoms. The third kappa shape index (κ3) is 3.09. The first-order valence-electron chi connectivity index (χ1n) is 7.29. The second kappa shape index (κ2) is 6.03. The zero-order valence-corrected chi connectivity index (χ0v) is 12.1. The fourth-order valence-electron chi connectivity index (χ4n) is 2.92. The minimum Gasteiger partial charge on any atom is -0.343 e. The highest BCUT2D eigenvalue weighted by molar-refractivity contribution is 5.73. The summed E-state index contributed by atoms with van der Waals surface area (Å²) in [4.78, 5) is 22.4. The molecule has 1 atom stereocenters. The van der Waals surface area contributed by atoms with Crippen LogP contribution in [0.4, 0.5) is 0 Å². The van der Waals surface area contributed by atoms with Crippen molar-refractivity contribution in [3.8, 4) is 11.4 Å². The van der Waals surface area contributed by atoms with Gasteiger partial charge in [-0.2, -0.15) is 5.10 Å². The molecule has 0 aliphatic carbocycles. The summed E-state index contributed by atoms with van der Waals surface area (Å²) in [5.74, 6) is 0.605. The number of amides is 1. The van der Waals surface area contributed by atoms with Crippen LogP contribution in [0.25, 0.3) is 11.4 Å². The summed E-state index contributed by atoms with van der Waals surface area (Å²) < 4.78 is 0. The molecule has 3 rings (SSSR count). The van der Waals surface area contributed by atoms with E-state index in [0.29, 0.717) is 5.92 Å². The van der Waals surface area contributed by atoms with Crippen LogP contribution >= 0.6 is 0 Å². The molecule has 2 aromatic heterocycles. The maximum absolute atomic E-state index is 11.5. The van der Waals surface area contributed by atoms with Crippen molar-refractivity contribution in [3.63, 3.8) is 0 Å². The Morgan fingerprint density at radius 2 is 2.24 bits per heavy atom. The molecule has 2 aromatic rings. The van der Waals surface area contributed by atoms with Crippen LogP contribution in [-0.4, -0.2) is 44.1 Å². The zero-order valence-electron chi connectivity index (χ0n) is 12.1. The van der Waals surface area contributed by atoms with Gasteiger partial charge in [0.2, 0.25) is 5.91 Å². The average Bonchev–Trinajstić information content (AvgIpc) is 3.02. The van der Waals surface area contributed by atoms with Crippen molar-refractivity contribution < 1.29 is 4.79 Å². The Labute approximate surface area is 123 Å². The minimum absolute atomic E-state index is 0.160. The van der Waals surface area contributed by atoms with Gasteiger partial charge in [0.15, 0.2) is 0 Å². The summed E-state index contributed by atoms with van der Waals surface area (Å²) in [5, 5.41) is 6.92. The molecule has 1 N–H and O–H groups in total. The van der Waals surface area contributed by atoms with Crippen LogP contribution in [0.15, 0.2) is 24.7 Å². The van der Waals surface area contributed by atoms with Crippen molar-refractivity contribution in [2.75, 3.05) is 13.1 Å². The molecule has 6 nitrogen and oxygen atoms in total. The van der Waals surface area contributed by atoms with E-state index in [1.54, 1.807) is 25.5 Å². The lowest BCUT2D eigenvalue weighted by atomic mass is 9.92. The fraction of sp³-hybridized carbons (Fsp3) is 0.467. The summed E-state index contributed by atoms with van der Waals surface area (Å²) in [6.07, 6.45) is 8.16. The van der Waals surface area contributed by atoms with Crippen LogP contribution < -0.4 is 0 Å². The van der Waals surface area contributed by atoms with E-state index in [9.17, 15) is 4.79 Å². The fourth-order valence-corrected chi connectivity index (χ4v) is 2.92. The summed E-state index contributed by atoms with van der Waals surface area (Å²) in [7, 11) is 0. The van der Waals surface area contributed by atoms with E-state index in [4.69, 9.17) is 0 Å². The predicted octanol–water partition coefficient (Wildman–Crippen LogP) is 1.67. The van der Waals surface area contributed by atoms with Crippen LogP contribution in [0, 0.1) is 5.92 Å². The van der Waals surface area contributed by atoms with E-state index in [0.717, 1.165) is 49.4 Å². The zero-order chi connectivity index (χ0) is 14.7. The van der Waals surface area contributed by atoms with Gasteiger partial charge in [-0.3, -0.25) is 19.9 Å². The van der Waals surface area contributed by atoms with Crippen molar-refractivity contribution in [3.05, 3.63) is 30.4 Å². The molecule has 1 aliphatic rings. The number of nitrogens with one attached hydrogen (secondary N) is 1. The Kier molecular flexibility index (Phi) is 3.94. The standard InChI is InChI=1S/C15H19N5O/c1-11(21)20-8-2-3-12(10-20)9-14-15(17-7-6-16-14)13-4-5-18-19-13/h4-7,12H,2-3,8-10H2,1H3,(H,18,19)/t12-/m1/s1. The van der Waals surface area contributed by atoms with Crippen LogP contribution in [0.3, 0.4) is 0 Å². The average molecular weight is 285 g/mol. The molecular formula is C15H19N5O. The topological polar surface area (TPSA) is 74.8 Å². The Bertz CT molecular complexity index is 610. The van der Waals surface area contributed by atoms with Crippen molar-refractivity contribution in [1.82, 2.24) is 25.1 Å². The van der Waals surface area contributed by atoms with Crippen LogP contribution in [0.5, 0.6) is 0 Å². The Morgan fingerprint density at radius 3 is 3.00 bits per heavy atom. The smallest absolute Gasteiger partial charge is 0.219 e. The number of carbonyl (C=O) groups excluding carboxylic acids is 1. The van der Waals surface area contributed by atoms with Crippen molar-refractivity contribution >= 4 is 5.91 Å². The number of hydrogen-bond acceptors (Lipinski definition) is 4. The lowest BCUT2D eigenvalue weighted by Crippen LogP contribution is -2.39. The Hall–Kier alpha value is -2.24. The Balaban J connectivity index is 1.77. The molecule has 0 aromatic carbocycles. The maximum atomic E-state index is 11.5. The van der Waals surface area contributed by atoms with Gasteiger partial charge >= 0.3 is 0 Å². The normalized spacial score (nSPS) is 18.7. The second-order valence-electron chi connectivity index (χ2n) is 5.50. The monoisotopic (exact) mass is 285 g/mol. The molecule has 3 heterocycles. The highest BCUT2D eigenvalue weighted by atomic mass is 16.2. The molecule has 1 fully saturated rings. The Morgan fingerprint density at radius 1 is 1.38 bits per heavy atom. The van der Waals surface area contributed by atoms with Crippen molar-refractivity contribution in [2.45, 2.75) is 26.2 Å². The molecule has 6 heteroatoms. The van der Waals surface area contributed by atoms with Gasteiger partial charge < -0.3 is 4.90 Å². The third-order valence-corrected chi connectivity index (χ3v) is 3.98. The summed E-state index contributed by atoms with van der Waals surface area (Å²) in [6.45, 7) is 3.33. The molecule has 110 valence electrons. The van der Waals surface area contributed by atoms with E-state index in [1.165, 1.54) is 0 Å². The molecular weight excluding hydrogens is 266 g/mol. The SMILES string of the molecule is CC(=O)N1CCC[C@H](Cc2nccnc2-c2ccn[nH]2)C1. The summed E-state index contributed by atoms with van der Waals surface area (Å²) in [6, 6.07) is 1.90. The predicted molar refractivity (Wildman–Crippen MR) is 78.3 cm³/mol. The van der Waals surface area contributed by atoms with Crippen LogP contribution in [0.1, 0.15) is 25.5 Å². The molecule has 1 amide bonds. The molecule has 0 unspecified atom stereocenters. The van der Waals surface area contributed by atoms with Gasteiger partial charge in [-0.05, 0) is 31.2 Å². The van der Waals surface area contributed by atoms with E-state index in [1.807, 2.05) is 11.0 Å². The van der Waals surface area contributed by atoms with Gasteiger partial charge in [0, 0.05) is 38.6 Å². The van der Waals surface area contributed by atoms with Gasteiger partial charge in [-0.1, -0.05) is 0 Å². The second-order valence-corrected chi connectivity index (χ2v) is 5.50. The van der Waals surface area contributed by atoms with E-state index >= 15 is 0 Å². The van der Waals surface area contributed by atoms with E-state index < -0.39 is 0 Å². The van der Waals surface area contributed by atoms with Gasteiger partial charge in [0.1, 0.15) is 5.69 Å².